The number of carbonyl (C=O) groups excluding carboxylic acids is 1. The zero-order chi connectivity index (χ0) is 19.0. The molecule has 1 atom stereocenters. The van der Waals surface area contributed by atoms with Crippen LogP contribution in [0.1, 0.15) is 6.92 Å². The first kappa shape index (κ1) is 17.5. The van der Waals surface area contributed by atoms with Crippen molar-refractivity contribution in [2.75, 3.05) is 19.1 Å². The summed E-state index contributed by atoms with van der Waals surface area (Å²) >= 11 is 1.55. The molecule has 4 rings (SSSR count). The van der Waals surface area contributed by atoms with Gasteiger partial charge in [-0.15, -0.1) is 0 Å². The van der Waals surface area contributed by atoms with E-state index in [-0.39, 0.29) is 5.50 Å². The van der Waals surface area contributed by atoms with E-state index in [0.29, 0.717) is 5.57 Å². The van der Waals surface area contributed by atoms with Gasteiger partial charge in [-0.25, -0.2) is 9.80 Å². The quantitative estimate of drug-likeness (QED) is 0.455. The van der Waals surface area contributed by atoms with Crippen LogP contribution < -0.4 is 4.90 Å². The summed E-state index contributed by atoms with van der Waals surface area (Å²) in [5, 5.41) is 8.80. The second-order valence-electron chi connectivity index (χ2n) is 6.13. The minimum absolute atomic E-state index is 0.0916. The predicted octanol–water partition coefficient (Wildman–Crippen LogP) is 3.87. The van der Waals surface area contributed by atoms with Crippen molar-refractivity contribution in [3.63, 3.8) is 0 Å². The number of fused-ring (bicyclic) bond motifs is 2. The molecule has 2 aliphatic rings. The number of hydrazone groups is 1. The van der Waals surface area contributed by atoms with Gasteiger partial charge in [0.1, 0.15) is 11.9 Å². The molecule has 0 aliphatic carbocycles. The van der Waals surface area contributed by atoms with Gasteiger partial charge in [-0.3, -0.25) is 4.90 Å². The molecular formula is C20H19N3O3S. The molecule has 0 N–H and O–H groups in total. The Labute approximate surface area is 161 Å². The normalized spacial score (nSPS) is 19.1. The van der Waals surface area contributed by atoms with E-state index in [9.17, 15) is 4.79 Å². The maximum Gasteiger partial charge on any atom is 0.342 e. The topological polar surface area (TPSA) is 54.4 Å². The van der Waals surface area contributed by atoms with Crippen molar-refractivity contribution in [1.29, 1.82) is 0 Å². The zero-order valence-corrected chi connectivity index (χ0v) is 16.1. The van der Waals surface area contributed by atoms with Gasteiger partial charge in [-0.1, -0.05) is 42.1 Å². The number of anilines is 1. The van der Waals surface area contributed by atoms with Crippen LogP contribution >= 0.6 is 11.8 Å². The lowest BCUT2D eigenvalue weighted by atomic mass is 10.1. The van der Waals surface area contributed by atoms with Crippen LogP contribution in [0.2, 0.25) is 0 Å². The minimum Gasteiger partial charge on any atom is -0.503 e. The molecule has 0 fully saturated rings. The summed E-state index contributed by atoms with van der Waals surface area (Å²) < 4.78 is 9.99. The molecule has 0 aromatic heterocycles. The van der Waals surface area contributed by atoms with Gasteiger partial charge in [-0.2, -0.15) is 5.10 Å². The molecule has 2 aliphatic heterocycles. The Morgan fingerprint density at radius 2 is 1.96 bits per heavy atom. The van der Waals surface area contributed by atoms with Crippen molar-refractivity contribution in [2.24, 2.45) is 5.10 Å². The van der Waals surface area contributed by atoms with Crippen molar-refractivity contribution in [1.82, 2.24) is 5.01 Å². The summed E-state index contributed by atoms with van der Waals surface area (Å²) in [4.78, 5) is 15.1. The molecule has 7 heteroatoms. The van der Waals surface area contributed by atoms with Crippen molar-refractivity contribution >= 4 is 40.5 Å². The molecule has 1 unspecified atom stereocenters. The summed E-state index contributed by atoms with van der Waals surface area (Å²) in [7, 11) is 2.88. The second kappa shape index (κ2) is 7.00. The number of esters is 1. The Kier molecular flexibility index (Phi) is 4.53. The Bertz CT molecular complexity index is 999. The van der Waals surface area contributed by atoms with Gasteiger partial charge in [-0.05, 0) is 29.8 Å². The van der Waals surface area contributed by atoms with Crippen LogP contribution in [0.5, 0.6) is 0 Å². The van der Waals surface area contributed by atoms with Gasteiger partial charge in [0.2, 0.25) is 0 Å². The van der Waals surface area contributed by atoms with E-state index in [4.69, 9.17) is 9.47 Å². The molecule has 0 amide bonds. The number of hydrogen-bond donors (Lipinski definition) is 0. The highest BCUT2D eigenvalue weighted by atomic mass is 32.2. The molecule has 0 radical (unpaired) electrons. The SMILES string of the molecule is COC=C(C(=O)OC)C1=C(C)N2N=CN(c3ccc4ccccc4c3)C2S1. The van der Waals surface area contributed by atoms with E-state index in [1.807, 2.05) is 30.4 Å². The fourth-order valence-corrected chi connectivity index (χ4v) is 4.54. The number of methoxy groups -OCH3 is 2. The molecule has 0 spiro atoms. The molecule has 0 saturated heterocycles. The van der Waals surface area contributed by atoms with Gasteiger partial charge in [0.15, 0.2) is 5.50 Å². The van der Waals surface area contributed by atoms with Gasteiger partial charge < -0.3 is 9.47 Å². The van der Waals surface area contributed by atoms with Crippen LogP contribution in [0.25, 0.3) is 10.8 Å². The average Bonchev–Trinajstić information content (AvgIpc) is 3.25. The highest BCUT2D eigenvalue weighted by Gasteiger charge is 2.40. The zero-order valence-electron chi connectivity index (χ0n) is 15.2. The first-order chi connectivity index (χ1) is 13.1. The van der Waals surface area contributed by atoms with Gasteiger partial charge in [0.05, 0.1) is 26.2 Å². The predicted molar refractivity (Wildman–Crippen MR) is 108 cm³/mol. The second-order valence-corrected chi connectivity index (χ2v) is 7.20. The van der Waals surface area contributed by atoms with E-state index in [2.05, 4.69) is 40.3 Å². The fraction of sp³-hybridized carbons (Fsp3) is 0.200. The average molecular weight is 381 g/mol. The lowest BCUT2D eigenvalue weighted by Crippen LogP contribution is -2.33. The number of benzene rings is 2. The molecule has 0 saturated carbocycles. The van der Waals surface area contributed by atoms with E-state index in [1.54, 1.807) is 11.8 Å². The van der Waals surface area contributed by atoms with Gasteiger partial charge in [0.25, 0.3) is 0 Å². The summed E-state index contributed by atoms with van der Waals surface area (Å²) in [6.45, 7) is 1.94. The Balaban J connectivity index is 1.66. The lowest BCUT2D eigenvalue weighted by molar-refractivity contribution is -0.135. The van der Waals surface area contributed by atoms with Gasteiger partial charge >= 0.3 is 5.97 Å². The van der Waals surface area contributed by atoms with Gasteiger partial charge in [0, 0.05) is 10.6 Å². The molecule has 6 nitrogen and oxygen atoms in total. The monoisotopic (exact) mass is 381 g/mol. The van der Waals surface area contributed by atoms with Crippen molar-refractivity contribution in [3.8, 4) is 0 Å². The number of hydrogen-bond acceptors (Lipinski definition) is 7. The summed E-state index contributed by atoms with van der Waals surface area (Å²) in [5.41, 5.74) is 2.23. The Morgan fingerprint density at radius 1 is 1.19 bits per heavy atom. The maximum atomic E-state index is 12.2. The number of rotatable bonds is 4. The molecule has 2 aromatic rings. The molecule has 2 heterocycles. The third kappa shape index (κ3) is 2.94. The number of thioether (sulfide) groups is 1. The Hall–Kier alpha value is -2.93. The largest absolute Gasteiger partial charge is 0.503 e. The first-order valence-corrected chi connectivity index (χ1v) is 9.31. The number of carbonyl (C=O) groups is 1. The van der Waals surface area contributed by atoms with Crippen LogP contribution in [0.3, 0.4) is 0 Å². The summed E-state index contributed by atoms with van der Waals surface area (Å²) in [6.07, 6.45) is 3.24. The van der Waals surface area contributed by atoms with E-state index in [1.165, 1.54) is 31.3 Å². The van der Waals surface area contributed by atoms with Crippen molar-refractivity contribution in [2.45, 2.75) is 12.4 Å². The maximum absolute atomic E-state index is 12.2. The van der Waals surface area contributed by atoms with E-state index >= 15 is 0 Å². The molecule has 138 valence electrons. The number of allylic oxidation sites excluding steroid dienone is 1. The molecule has 27 heavy (non-hydrogen) atoms. The third-order valence-electron chi connectivity index (χ3n) is 4.56. The van der Waals surface area contributed by atoms with Crippen LogP contribution in [-0.4, -0.2) is 37.0 Å². The standard InChI is InChI=1S/C20H19N3O3S/c1-13-18(17(11-25-2)19(24)26-3)27-20-22(12-21-23(13)20)16-9-8-14-6-4-5-7-15(14)10-16/h4-12,20H,1-3H3. The third-order valence-corrected chi connectivity index (χ3v) is 5.95. The van der Waals surface area contributed by atoms with Crippen LogP contribution in [-0.2, 0) is 14.3 Å². The minimum atomic E-state index is -0.430. The fourth-order valence-electron chi connectivity index (χ4n) is 3.21. The van der Waals surface area contributed by atoms with Crippen molar-refractivity contribution in [3.05, 3.63) is 64.9 Å². The smallest absolute Gasteiger partial charge is 0.342 e. The first-order valence-electron chi connectivity index (χ1n) is 8.43. The Morgan fingerprint density at radius 3 is 2.70 bits per heavy atom. The molecule has 2 aromatic carbocycles. The van der Waals surface area contributed by atoms with E-state index in [0.717, 1.165) is 16.3 Å². The van der Waals surface area contributed by atoms with Crippen LogP contribution in [0.15, 0.2) is 70.0 Å². The molecular weight excluding hydrogens is 362 g/mol. The summed E-state index contributed by atoms with van der Waals surface area (Å²) in [5.74, 6) is -0.430. The highest BCUT2D eigenvalue weighted by Crippen LogP contribution is 2.46. The van der Waals surface area contributed by atoms with Crippen molar-refractivity contribution < 1.29 is 14.3 Å². The van der Waals surface area contributed by atoms with Crippen LogP contribution in [0, 0.1) is 0 Å². The molecule has 0 bridgehead atoms. The highest BCUT2D eigenvalue weighted by molar-refractivity contribution is 8.04. The van der Waals surface area contributed by atoms with E-state index < -0.39 is 5.97 Å². The number of nitrogens with zero attached hydrogens (tertiary/aromatic N) is 3. The lowest BCUT2D eigenvalue weighted by Gasteiger charge is -2.24. The van der Waals surface area contributed by atoms with Crippen LogP contribution in [0.4, 0.5) is 5.69 Å². The summed E-state index contributed by atoms with van der Waals surface area (Å²) in [6, 6.07) is 14.6. The number of ether oxygens (including phenoxy) is 2.